The highest BCUT2D eigenvalue weighted by Gasteiger charge is 2.33. The van der Waals surface area contributed by atoms with Gasteiger partial charge in [0, 0.05) is 7.05 Å². The number of hydrogen-bond donors (Lipinski definition) is 1. The van der Waals surface area contributed by atoms with Crippen LogP contribution in [0.15, 0.2) is 106 Å². The number of nitrogens with one attached hydrogen (secondary N) is 1. The standard InChI is InChI=1S/C30H31N5O6S/c1-5-18-41-26-17-16-23(19-27(26)40-4)20-31-32-28(36)21-34(42(38,39)25-14-10-7-11-15-25)29-22(2)33(3)35(30(29)37)24-12-8-6-9-13-24/h5-17,19-20H,1,18,21H2,2-4H3,(H,32,36)/b31-20-. The van der Waals surface area contributed by atoms with Gasteiger partial charge in [0.1, 0.15) is 18.8 Å². The average Bonchev–Trinajstić information content (AvgIpc) is 3.22. The van der Waals surface area contributed by atoms with Crippen LogP contribution in [0.25, 0.3) is 5.69 Å². The van der Waals surface area contributed by atoms with E-state index in [2.05, 4.69) is 17.1 Å². The van der Waals surface area contributed by atoms with E-state index >= 15 is 0 Å². The molecule has 0 aliphatic carbocycles. The van der Waals surface area contributed by atoms with Gasteiger partial charge in [-0.3, -0.25) is 14.3 Å². The summed E-state index contributed by atoms with van der Waals surface area (Å²) in [7, 11) is -1.18. The van der Waals surface area contributed by atoms with Gasteiger partial charge in [0.2, 0.25) is 0 Å². The molecule has 0 aliphatic heterocycles. The predicted molar refractivity (Wildman–Crippen MR) is 161 cm³/mol. The third-order valence-corrected chi connectivity index (χ3v) is 8.10. The largest absolute Gasteiger partial charge is 0.493 e. The van der Waals surface area contributed by atoms with Crippen LogP contribution in [0.4, 0.5) is 5.69 Å². The van der Waals surface area contributed by atoms with E-state index in [-0.39, 0.29) is 10.6 Å². The third-order valence-electron chi connectivity index (χ3n) is 6.34. The van der Waals surface area contributed by atoms with Crippen molar-refractivity contribution in [2.24, 2.45) is 12.1 Å². The molecular weight excluding hydrogens is 558 g/mol. The molecule has 0 bridgehead atoms. The van der Waals surface area contributed by atoms with Gasteiger partial charge in [-0.2, -0.15) is 5.10 Å². The first kappa shape index (κ1) is 29.9. The van der Waals surface area contributed by atoms with Crippen LogP contribution in [-0.2, 0) is 21.9 Å². The van der Waals surface area contributed by atoms with Crippen LogP contribution < -0.4 is 24.8 Å². The molecule has 4 rings (SSSR count). The van der Waals surface area contributed by atoms with Crippen molar-refractivity contribution >= 4 is 27.8 Å². The molecule has 1 heterocycles. The molecule has 42 heavy (non-hydrogen) atoms. The summed E-state index contributed by atoms with van der Waals surface area (Å²) in [6, 6.07) is 21.5. The van der Waals surface area contributed by atoms with Crippen molar-refractivity contribution in [3.8, 4) is 17.2 Å². The van der Waals surface area contributed by atoms with E-state index in [1.54, 1.807) is 85.4 Å². The van der Waals surface area contributed by atoms with Crippen molar-refractivity contribution in [2.45, 2.75) is 11.8 Å². The summed E-state index contributed by atoms with van der Waals surface area (Å²) < 4.78 is 42.2. The van der Waals surface area contributed by atoms with E-state index in [4.69, 9.17) is 9.47 Å². The van der Waals surface area contributed by atoms with Gasteiger partial charge in [0.25, 0.3) is 21.5 Å². The lowest BCUT2D eigenvalue weighted by atomic mass is 10.2. The molecule has 0 radical (unpaired) electrons. The van der Waals surface area contributed by atoms with Crippen LogP contribution in [0.5, 0.6) is 11.5 Å². The Kier molecular flexibility index (Phi) is 9.28. The number of carbonyl (C=O) groups excluding carboxylic acids is 1. The molecule has 3 aromatic carbocycles. The van der Waals surface area contributed by atoms with Crippen molar-refractivity contribution in [3.05, 3.63) is 113 Å². The highest BCUT2D eigenvalue weighted by atomic mass is 32.2. The molecule has 11 nitrogen and oxygen atoms in total. The van der Waals surface area contributed by atoms with Crippen LogP contribution in [0.3, 0.4) is 0 Å². The number of benzene rings is 3. The first-order valence-electron chi connectivity index (χ1n) is 12.8. The van der Waals surface area contributed by atoms with E-state index in [1.807, 2.05) is 6.07 Å². The number of nitrogens with zero attached hydrogens (tertiary/aromatic N) is 4. The maximum Gasteiger partial charge on any atom is 0.296 e. The smallest absolute Gasteiger partial charge is 0.296 e. The summed E-state index contributed by atoms with van der Waals surface area (Å²) >= 11 is 0. The first-order valence-corrected chi connectivity index (χ1v) is 14.3. The molecule has 0 saturated heterocycles. The van der Waals surface area contributed by atoms with E-state index in [1.165, 1.54) is 30.1 Å². The van der Waals surface area contributed by atoms with E-state index in [0.717, 1.165) is 4.31 Å². The lowest BCUT2D eigenvalue weighted by molar-refractivity contribution is -0.119. The fraction of sp³-hybridized carbons (Fsp3) is 0.167. The molecule has 0 aliphatic rings. The van der Waals surface area contributed by atoms with Gasteiger partial charge in [-0.25, -0.2) is 22.8 Å². The summed E-state index contributed by atoms with van der Waals surface area (Å²) in [5.74, 6) is 0.221. The molecule has 218 valence electrons. The number of hydrogen-bond acceptors (Lipinski definition) is 7. The summed E-state index contributed by atoms with van der Waals surface area (Å²) in [5, 5.41) is 3.98. The lowest BCUT2D eigenvalue weighted by Gasteiger charge is -2.22. The van der Waals surface area contributed by atoms with Gasteiger partial charge in [-0.1, -0.05) is 49.1 Å². The van der Waals surface area contributed by atoms with Crippen LogP contribution >= 0.6 is 0 Å². The maximum absolute atomic E-state index is 13.8. The SMILES string of the molecule is C=CCOc1ccc(/C=N\NC(=O)CN(c2c(C)n(C)n(-c3ccccc3)c2=O)S(=O)(=O)c2ccccc2)cc1OC. The summed E-state index contributed by atoms with van der Waals surface area (Å²) in [4.78, 5) is 26.7. The lowest BCUT2D eigenvalue weighted by Crippen LogP contribution is -2.42. The number of hydrazone groups is 1. The minimum atomic E-state index is -4.32. The number of para-hydroxylation sites is 1. The molecular formula is C30H31N5O6S. The third kappa shape index (κ3) is 6.28. The van der Waals surface area contributed by atoms with E-state index < -0.39 is 28.0 Å². The van der Waals surface area contributed by atoms with Gasteiger partial charge in [0.05, 0.1) is 29.6 Å². The number of rotatable bonds is 12. The number of methoxy groups -OCH3 is 1. The zero-order valence-corrected chi connectivity index (χ0v) is 24.2. The summed E-state index contributed by atoms with van der Waals surface area (Å²) in [5.41, 5.74) is 3.10. The molecule has 4 aromatic rings. The van der Waals surface area contributed by atoms with Gasteiger partial charge in [-0.15, -0.1) is 0 Å². The zero-order valence-electron chi connectivity index (χ0n) is 23.4. The molecule has 1 amide bonds. The van der Waals surface area contributed by atoms with Crippen LogP contribution in [0.1, 0.15) is 11.3 Å². The van der Waals surface area contributed by atoms with Crippen molar-refractivity contribution in [3.63, 3.8) is 0 Å². The van der Waals surface area contributed by atoms with Crippen LogP contribution in [0, 0.1) is 6.92 Å². The van der Waals surface area contributed by atoms with Crippen molar-refractivity contribution in [2.75, 3.05) is 24.6 Å². The highest BCUT2D eigenvalue weighted by molar-refractivity contribution is 7.92. The van der Waals surface area contributed by atoms with Gasteiger partial charge < -0.3 is 9.47 Å². The fourth-order valence-electron chi connectivity index (χ4n) is 4.22. The highest BCUT2D eigenvalue weighted by Crippen LogP contribution is 2.28. The Hall–Kier alpha value is -5.10. The Labute approximate surface area is 244 Å². The minimum absolute atomic E-state index is 0.0685. The normalized spacial score (nSPS) is 11.3. The van der Waals surface area contributed by atoms with E-state index in [9.17, 15) is 18.0 Å². The topological polar surface area (TPSA) is 124 Å². The quantitative estimate of drug-likeness (QED) is 0.154. The number of amides is 1. The summed E-state index contributed by atoms with van der Waals surface area (Å²) in [6.45, 7) is 4.85. The van der Waals surface area contributed by atoms with Crippen LogP contribution in [-0.4, -0.2) is 50.2 Å². The molecule has 1 N–H and O–H groups in total. The van der Waals surface area contributed by atoms with Crippen molar-refractivity contribution in [1.29, 1.82) is 0 Å². The summed E-state index contributed by atoms with van der Waals surface area (Å²) in [6.07, 6.45) is 2.99. The Bertz CT molecular complexity index is 1760. The number of aromatic nitrogens is 2. The van der Waals surface area contributed by atoms with Gasteiger partial charge >= 0.3 is 0 Å². The second kappa shape index (κ2) is 13.0. The molecule has 0 fully saturated rings. The van der Waals surface area contributed by atoms with Crippen molar-refractivity contribution < 1.29 is 22.7 Å². The van der Waals surface area contributed by atoms with Gasteiger partial charge in [-0.05, 0) is 55.0 Å². The monoisotopic (exact) mass is 589 g/mol. The van der Waals surface area contributed by atoms with Crippen molar-refractivity contribution in [1.82, 2.24) is 14.8 Å². The Balaban J connectivity index is 1.66. The second-order valence-electron chi connectivity index (χ2n) is 9.04. The zero-order chi connectivity index (χ0) is 30.3. The molecule has 0 atom stereocenters. The first-order chi connectivity index (χ1) is 20.2. The Morgan fingerprint density at radius 1 is 1.05 bits per heavy atom. The van der Waals surface area contributed by atoms with Crippen LogP contribution in [0.2, 0.25) is 0 Å². The van der Waals surface area contributed by atoms with Gasteiger partial charge in [0.15, 0.2) is 11.5 Å². The fourth-order valence-corrected chi connectivity index (χ4v) is 5.72. The predicted octanol–water partition coefficient (Wildman–Crippen LogP) is 3.40. The molecule has 1 aromatic heterocycles. The molecule has 0 saturated carbocycles. The number of sulfonamides is 1. The maximum atomic E-state index is 13.8. The minimum Gasteiger partial charge on any atom is -0.493 e. The second-order valence-corrected chi connectivity index (χ2v) is 10.9. The van der Waals surface area contributed by atoms with E-state index in [0.29, 0.717) is 35.1 Å². The number of ether oxygens (including phenoxy) is 2. The number of carbonyl (C=O) groups is 1. The molecule has 0 spiro atoms. The molecule has 0 unspecified atom stereocenters. The Morgan fingerprint density at radius 2 is 1.71 bits per heavy atom. The average molecular weight is 590 g/mol. The molecule has 12 heteroatoms. The number of anilines is 1. The Morgan fingerprint density at radius 3 is 2.36 bits per heavy atom.